The van der Waals surface area contributed by atoms with Gasteiger partial charge in [0.15, 0.2) is 0 Å². The van der Waals surface area contributed by atoms with Gasteiger partial charge in [0, 0.05) is 44.2 Å². The fourth-order valence-corrected chi connectivity index (χ4v) is 1.44. The van der Waals surface area contributed by atoms with E-state index in [0.717, 1.165) is 0 Å². The predicted octanol–water partition coefficient (Wildman–Crippen LogP) is 2.82. The number of rotatable bonds is 6. The number of amides is 1. The van der Waals surface area contributed by atoms with E-state index in [4.69, 9.17) is 0 Å². The zero-order valence-corrected chi connectivity index (χ0v) is 16.0. The summed E-state index contributed by atoms with van der Waals surface area (Å²) in [6.45, 7) is 14.7. The van der Waals surface area contributed by atoms with Crippen LogP contribution in [0.5, 0.6) is 0 Å². The molecule has 1 aromatic heterocycles. The number of hydrogen-bond acceptors (Lipinski definition) is 3. The average molecular weight is 376 g/mol. The van der Waals surface area contributed by atoms with E-state index in [1.54, 1.807) is 12.1 Å². The minimum absolute atomic E-state index is 0. The molecule has 117 valence electrons. The molecule has 1 N–H and O–H groups in total. The number of nitrogens with one attached hydrogen (secondary N) is 1. The van der Waals surface area contributed by atoms with Gasteiger partial charge in [-0.25, -0.2) is 0 Å². The van der Waals surface area contributed by atoms with E-state index in [-0.39, 0.29) is 39.3 Å². The van der Waals surface area contributed by atoms with E-state index in [1.165, 1.54) is 10.6 Å². The molecule has 6 heteroatoms. The van der Waals surface area contributed by atoms with E-state index in [9.17, 15) is 9.59 Å². The fourth-order valence-electron chi connectivity index (χ4n) is 1.44. The largest absolute Gasteiger partial charge is 0.464 e. The Balaban J connectivity index is 0. The second-order valence-corrected chi connectivity index (χ2v) is 3.68. The Labute approximate surface area is 157 Å². The van der Waals surface area contributed by atoms with Crippen molar-refractivity contribution < 1.29 is 42.3 Å². The first-order valence-electron chi connectivity index (χ1n) is 6.47. The van der Waals surface area contributed by atoms with E-state index >= 15 is 0 Å². The zero-order chi connectivity index (χ0) is 16.4. The van der Waals surface area contributed by atoms with Crippen LogP contribution in [0.25, 0.3) is 6.08 Å². The molecule has 1 heterocycles. The monoisotopic (exact) mass is 376 g/mol. The Morgan fingerprint density at radius 3 is 2.45 bits per heavy atom. The minimum Gasteiger partial charge on any atom is -0.464 e. The van der Waals surface area contributed by atoms with E-state index in [0.29, 0.717) is 29.1 Å². The Hall–Kier alpha value is -1.59. The fraction of sp³-hybridized carbons (Fsp3) is 0.188. The molecule has 1 amide bonds. The van der Waals surface area contributed by atoms with Crippen molar-refractivity contribution >= 4 is 29.8 Å². The summed E-state index contributed by atoms with van der Waals surface area (Å²) < 4.78 is 1.40. The molecular formula is C16H21N3O2Y-2. The van der Waals surface area contributed by atoms with Crippen molar-refractivity contribution in [1.29, 1.82) is 0 Å². The van der Waals surface area contributed by atoms with Gasteiger partial charge in [0.1, 0.15) is 6.29 Å². The number of aldehydes is 1. The second kappa shape index (κ2) is 12.0. The Morgan fingerprint density at radius 1 is 1.45 bits per heavy atom. The number of aliphatic imine (C=N–C) groups is 1. The second-order valence-electron chi connectivity index (χ2n) is 3.68. The maximum Gasteiger partial charge on any atom is 0.111 e. The standard InChI is InChI=1S/C14H15N3O2.C2H6.Y/c1-5-11-7-13(9-18)17(4)14(11)16-12(6-2)8-15-10(3)19;1-2;/h5-7,9H,1-4,8H2,(H,15,19);1-2H3;/q-2;;/b16-12+;;. The van der Waals surface area contributed by atoms with Gasteiger partial charge in [0.2, 0.25) is 0 Å². The molecule has 0 atom stereocenters. The van der Waals surface area contributed by atoms with Gasteiger partial charge in [-0.15, -0.1) is 7.05 Å². The van der Waals surface area contributed by atoms with Gasteiger partial charge >= 0.3 is 0 Å². The molecule has 0 spiro atoms. The van der Waals surface area contributed by atoms with E-state index < -0.39 is 5.91 Å². The molecule has 1 aromatic rings. The molecule has 0 bridgehead atoms. The molecule has 22 heavy (non-hydrogen) atoms. The molecule has 0 saturated carbocycles. The number of carbonyl (C=O) groups excluding carboxylic acids is 2. The number of carbonyl (C=O) groups is 2. The Kier molecular flexibility index (Phi) is 12.4. The predicted molar refractivity (Wildman–Crippen MR) is 87.7 cm³/mol. The van der Waals surface area contributed by atoms with Gasteiger partial charge in [-0.1, -0.05) is 39.1 Å². The van der Waals surface area contributed by atoms with Crippen molar-refractivity contribution in [3.63, 3.8) is 0 Å². The van der Waals surface area contributed by atoms with Crippen molar-refractivity contribution in [2.75, 3.05) is 6.54 Å². The summed E-state index contributed by atoms with van der Waals surface area (Å²) in [6, 6.07) is 1.63. The Morgan fingerprint density at radius 2 is 2.05 bits per heavy atom. The van der Waals surface area contributed by atoms with Crippen LogP contribution in [0.4, 0.5) is 5.82 Å². The third-order valence-electron chi connectivity index (χ3n) is 2.42. The Bertz CT molecular complexity index is 560. The molecular weight excluding hydrogens is 355 g/mol. The summed E-state index contributed by atoms with van der Waals surface area (Å²) in [5, 5.41) is 2.52. The summed E-state index contributed by atoms with van der Waals surface area (Å²) in [5.41, 5.74) is 1.59. The van der Waals surface area contributed by atoms with Crippen molar-refractivity contribution in [3.05, 3.63) is 50.5 Å². The van der Waals surface area contributed by atoms with Gasteiger partial charge in [0.05, 0.1) is 12.5 Å². The van der Waals surface area contributed by atoms with Crippen LogP contribution in [0.15, 0.2) is 30.3 Å². The third-order valence-corrected chi connectivity index (χ3v) is 2.42. The maximum absolute atomic E-state index is 10.9. The van der Waals surface area contributed by atoms with Gasteiger partial charge in [-0.2, -0.15) is 0 Å². The normalized spacial score (nSPS) is 9.64. The minimum atomic E-state index is -0.405. The van der Waals surface area contributed by atoms with Crippen LogP contribution in [0.1, 0.15) is 29.9 Å². The van der Waals surface area contributed by atoms with Crippen molar-refractivity contribution in [1.82, 2.24) is 9.88 Å². The summed E-state index contributed by atoms with van der Waals surface area (Å²) in [6.07, 6.45) is 3.77. The first-order chi connectivity index (χ1) is 10.0. The van der Waals surface area contributed by atoms with E-state index in [2.05, 4.69) is 37.4 Å². The van der Waals surface area contributed by atoms with Gasteiger partial charge in [-0.05, 0) is 17.3 Å². The molecule has 1 radical (unpaired) electrons. The molecule has 5 nitrogen and oxygen atoms in total. The number of aromatic nitrogens is 1. The van der Waals surface area contributed by atoms with Gasteiger partial charge in [0.25, 0.3) is 0 Å². The van der Waals surface area contributed by atoms with Crippen molar-refractivity contribution in [2.24, 2.45) is 4.99 Å². The van der Waals surface area contributed by atoms with Crippen molar-refractivity contribution in [3.8, 4) is 0 Å². The smallest absolute Gasteiger partial charge is 0.111 e. The molecule has 1 rings (SSSR count). The van der Waals surface area contributed by atoms with Crippen LogP contribution in [0.3, 0.4) is 0 Å². The number of hydrogen-bond donors (Lipinski definition) is 1. The van der Waals surface area contributed by atoms with Crippen LogP contribution in [-0.4, -0.2) is 29.0 Å². The van der Waals surface area contributed by atoms with E-state index in [1.807, 2.05) is 13.8 Å². The van der Waals surface area contributed by atoms with Crippen LogP contribution in [0.2, 0.25) is 0 Å². The first-order valence-corrected chi connectivity index (χ1v) is 6.47. The van der Waals surface area contributed by atoms with Gasteiger partial charge in [-0.3, -0.25) is 4.99 Å². The van der Waals surface area contributed by atoms with Crippen LogP contribution in [-0.2, 0) is 37.5 Å². The molecule has 0 saturated heterocycles. The quantitative estimate of drug-likeness (QED) is 0.472. The van der Waals surface area contributed by atoms with Crippen LogP contribution < -0.4 is 5.32 Å². The topological polar surface area (TPSA) is 63.5 Å². The van der Waals surface area contributed by atoms with Crippen molar-refractivity contribution in [2.45, 2.75) is 13.8 Å². The third kappa shape index (κ3) is 6.45. The molecule has 0 aromatic carbocycles. The summed E-state index contributed by atoms with van der Waals surface area (Å²) >= 11 is 0. The summed E-state index contributed by atoms with van der Waals surface area (Å²) in [5.74, 6) is 0.0717. The van der Waals surface area contributed by atoms with Gasteiger partial charge < -0.3 is 26.4 Å². The average Bonchev–Trinajstić information content (AvgIpc) is 2.81. The maximum atomic E-state index is 10.9. The molecule has 0 aliphatic carbocycles. The first kappa shape index (κ1) is 22.7. The summed E-state index contributed by atoms with van der Waals surface area (Å²) in [4.78, 5) is 25.9. The zero-order valence-electron chi connectivity index (χ0n) is 13.1. The SMILES string of the molecule is C=C/C(CNC([CH2-])=O)=N\c1c(C=C)cc(C=O)n1[CH2-].CC.[Y]. The molecule has 0 unspecified atom stereocenters. The molecule has 0 fully saturated rings. The number of nitrogens with zero attached hydrogens (tertiary/aromatic N) is 2. The molecule has 0 aliphatic rings. The van der Waals surface area contributed by atoms with Crippen LogP contribution in [0, 0.1) is 14.0 Å². The van der Waals surface area contributed by atoms with Crippen LogP contribution >= 0.6 is 0 Å². The summed E-state index contributed by atoms with van der Waals surface area (Å²) in [7, 11) is 3.74. The molecule has 0 aliphatic heterocycles.